The zero-order chi connectivity index (χ0) is 29.1. The maximum Gasteiger partial charge on any atom is 0.261 e. The van der Waals surface area contributed by atoms with Gasteiger partial charge in [0.15, 0.2) is 5.11 Å². The standard InChI is InChI=1S/C30H29N3O6S2/c1-2-37-26-15-11-24(12-16-26)33-41(35,36)28-17-13-23(14-18-28)31-30(40)32-29(34)22-7-6-10-27(21-22)39-20-19-38-25-8-4-3-5-9-25/h3-18,21,33H,2,19-20H2,1H3,(H2,31,32,34,40). The average molecular weight is 592 g/mol. The molecule has 212 valence electrons. The van der Waals surface area contributed by atoms with E-state index in [1.807, 2.05) is 37.3 Å². The Kier molecular flexibility index (Phi) is 10.1. The van der Waals surface area contributed by atoms with E-state index < -0.39 is 15.9 Å². The van der Waals surface area contributed by atoms with Crippen molar-refractivity contribution in [3.63, 3.8) is 0 Å². The van der Waals surface area contributed by atoms with Crippen LogP contribution in [0.5, 0.6) is 17.2 Å². The number of para-hydroxylation sites is 1. The topological polar surface area (TPSA) is 115 Å². The molecule has 0 aliphatic carbocycles. The Morgan fingerprint density at radius 2 is 1.34 bits per heavy atom. The number of carbonyl (C=O) groups excluding carboxylic acids is 1. The molecule has 3 N–H and O–H groups in total. The third-order valence-electron chi connectivity index (χ3n) is 5.53. The molecule has 0 unspecified atom stereocenters. The van der Waals surface area contributed by atoms with Gasteiger partial charge in [-0.1, -0.05) is 24.3 Å². The van der Waals surface area contributed by atoms with Crippen LogP contribution in [0.4, 0.5) is 11.4 Å². The fourth-order valence-electron chi connectivity index (χ4n) is 3.62. The Hall–Kier alpha value is -4.61. The minimum absolute atomic E-state index is 0.0562. The first-order valence-corrected chi connectivity index (χ1v) is 14.6. The Morgan fingerprint density at radius 3 is 2.02 bits per heavy atom. The van der Waals surface area contributed by atoms with E-state index in [2.05, 4.69) is 15.4 Å². The van der Waals surface area contributed by atoms with E-state index in [1.165, 1.54) is 12.1 Å². The summed E-state index contributed by atoms with van der Waals surface area (Å²) in [4.78, 5) is 12.8. The van der Waals surface area contributed by atoms with E-state index in [4.69, 9.17) is 26.4 Å². The molecule has 9 nitrogen and oxygen atoms in total. The normalized spacial score (nSPS) is 10.8. The highest BCUT2D eigenvalue weighted by Gasteiger charge is 2.15. The molecule has 0 spiro atoms. The number of thiocarbonyl (C=S) groups is 1. The molecular formula is C30H29N3O6S2. The van der Waals surface area contributed by atoms with Crippen LogP contribution in [0.2, 0.25) is 0 Å². The molecule has 0 heterocycles. The van der Waals surface area contributed by atoms with Crippen LogP contribution in [0.15, 0.2) is 108 Å². The molecule has 4 aromatic rings. The lowest BCUT2D eigenvalue weighted by molar-refractivity contribution is 0.0977. The zero-order valence-electron chi connectivity index (χ0n) is 22.2. The predicted molar refractivity (Wildman–Crippen MR) is 162 cm³/mol. The van der Waals surface area contributed by atoms with Crippen molar-refractivity contribution in [1.29, 1.82) is 0 Å². The summed E-state index contributed by atoms with van der Waals surface area (Å²) in [6.45, 7) is 3.05. The molecule has 11 heteroatoms. The van der Waals surface area contributed by atoms with Crippen molar-refractivity contribution >= 4 is 44.6 Å². The van der Waals surface area contributed by atoms with Crippen molar-refractivity contribution in [1.82, 2.24) is 5.32 Å². The number of sulfonamides is 1. The molecule has 0 atom stereocenters. The molecular weight excluding hydrogens is 562 g/mol. The first-order valence-electron chi connectivity index (χ1n) is 12.7. The lowest BCUT2D eigenvalue weighted by Crippen LogP contribution is -2.34. The zero-order valence-corrected chi connectivity index (χ0v) is 23.8. The molecule has 4 rings (SSSR count). The summed E-state index contributed by atoms with van der Waals surface area (Å²) in [6, 6.07) is 28.7. The predicted octanol–water partition coefficient (Wildman–Crippen LogP) is 5.47. The van der Waals surface area contributed by atoms with Crippen LogP contribution in [0.3, 0.4) is 0 Å². The van der Waals surface area contributed by atoms with Crippen molar-refractivity contribution in [2.45, 2.75) is 11.8 Å². The van der Waals surface area contributed by atoms with Gasteiger partial charge in [-0.3, -0.25) is 14.8 Å². The Labute approximate surface area is 244 Å². The number of nitrogens with one attached hydrogen (secondary N) is 3. The highest BCUT2D eigenvalue weighted by Crippen LogP contribution is 2.21. The summed E-state index contributed by atoms with van der Waals surface area (Å²) in [7, 11) is -3.81. The third kappa shape index (κ3) is 8.95. The first kappa shape index (κ1) is 29.4. The molecule has 0 aliphatic rings. The van der Waals surface area contributed by atoms with E-state index in [1.54, 1.807) is 60.7 Å². The fraction of sp³-hybridized carbons (Fsp3) is 0.133. The van der Waals surface area contributed by atoms with E-state index >= 15 is 0 Å². The molecule has 0 aliphatic heterocycles. The van der Waals surface area contributed by atoms with Crippen molar-refractivity contribution in [2.24, 2.45) is 0 Å². The second kappa shape index (κ2) is 14.1. The van der Waals surface area contributed by atoms with Crippen molar-refractivity contribution in [3.8, 4) is 17.2 Å². The number of rotatable bonds is 12. The van der Waals surface area contributed by atoms with Gasteiger partial charge in [-0.2, -0.15) is 0 Å². The smallest absolute Gasteiger partial charge is 0.261 e. The second-order valence-corrected chi connectivity index (χ2v) is 10.6. The summed E-state index contributed by atoms with van der Waals surface area (Å²) < 4.78 is 44.7. The fourth-order valence-corrected chi connectivity index (χ4v) is 4.89. The molecule has 0 saturated carbocycles. The highest BCUT2D eigenvalue weighted by molar-refractivity contribution is 7.92. The molecule has 41 heavy (non-hydrogen) atoms. The molecule has 0 aromatic heterocycles. The second-order valence-electron chi connectivity index (χ2n) is 8.53. The summed E-state index contributed by atoms with van der Waals surface area (Å²) in [5, 5.41) is 5.55. The number of hydrogen-bond acceptors (Lipinski definition) is 7. The molecule has 0 bridgehead atoms. The largest absolute Gasteiger partial charge is 0.494 e. The molecule has 0 fully saturated rings. The number of benzene rings is 4. The van der Waals surface area contributed by atoms with Gasteiger partial charge in [0.05, 0.1) is 11.5 Å². The van der Waals surface area contributed by atoms with E-state index in [0.29, 0.717) is 48.3 Å². The number of anilines is 2. The number of amides is 1. The number of hydrogen-bond donors (Lipinski definition) is 3. The van der Waals surface area contributed by atoms with Crippen LogP contribution < -0.4 is 29.6 Å². The van der Waals surface area contributed by atoms with E-state index in [0.717, 1.165) is 5.75 Å². The Morgan fingerprint density at radius 1 is 0.732 bits per heavy atom. The van der Waals surface area contributed by atoms with Crippen LogP contribution in [-0.2, 0) is 10.0 Å². The Bertz CT molecular complexity index is 1560. The van der Waals surface area contributed by atoms with Gasteiger partial charge in [0.1, 0.15) is 30.5 Å². The van der Waals surface area contributed by atoms with Gasteiger partial charge >= 0.3 is 0 Å². The van der Waals surface area contributed by atoms with Gasteiger partial charge in [0.2, 0.25) is 0 Å². The van der Waals surface area contributed by atoms with Crippen LogP contribution >= 0.6 is 12.2 Å². The van der Waals surface area contributed by atoms with Crippen LogP contribution in [0.1, 0.15) is 17.3 Å². The lowest BCUT2D eigenvalue weighted by Gasteiger charge is -2.12. The minimum atomic E-state index is -3.81. The number of ether oxygens (including phenoxy) is 3. The third-order valence-corrected chi connectivity index (χ3v) is 7.13. The van der Waals surface area contributed by atoms with Gasteiger partial charge < -0.3 is 19.5 Å². The SMILES string of the molecule is CCOc1ccc(NS(=O)(=O)c2ccc(NC(=S)NC(=O)c3cccc(OCCOc4ccccc4)c3)cc2)cc1. The van der Waals surface area contributed by atoms with Gasteiger partial charge in [-0.25, -0.2) is 8.42 Å². The summed E-state index contributed by atoms with van der Waals surface area (Å²) >= 11 is 5.27. The number of carbonyl (C=O) groups is 1. The summed E-state index contributed by atoms with van der Waals surface area (Å²) in [6.07, 6.45) is 0. The molecule has 0 saturated heterocycles. The van der Waals surface area contributed by atoms with E-state index in [-0.39, 0.29) is 10.0 Å². The van der Waals surface area contributed by atoms with E-state index in [9.17, 15) is 13.2 Å². The minimum Gasteiger partial charge on any atom is -0.494 e. The quantitative estimate of drug-likeness (QED) is 0.147. The van der Waals surface area contributed by atoms with Gasteiger partial charge in [-0.05, 0) is 98.0 Å². The first-order chi connectivity index (χ1) is 19.8. The van der Waals surface area contributed by atoms with Gasteiger partial charge in [-0.15, -0.1) is 0 Å². The highest BCUT2D eigenvalue weighted by atomic mass is 32.2. The van der Waals surface area contributed by atoms with Crippen molar-refractivity contribution in [2.75, 3.05) is 29.9 Å². The molecule has 4 aromatic carbocycles. The maximum atomic E-state index is 12.8. The lowest BCUT2D eigenvalue weighted by atomic mass is 10.2. The Balaban J connectivity index is 1.26. The molecule has 1 amide bonds. The monoisotopic (exact) mass is 591 g/mol. The van der Waals surface area contributed by atoms with Crippen molar-refractivity contribution in [3.05, 3.63) is 109 Å². The van der Waals surface area contributed by atoms with Crippen LogP contribution in [0, 0.1) is 0 Å². The summed E-state index contributed by atoms with van der Waals surface area (Å²) in [5.74, 6) is 1.50. The average Bonchev–Trinajstić information content (AvgIpc) is 2.97. The maximum absolute atomic E-state index is 12.8. The van der Waals surface area contributed by atoms with Crippen LogP contribution in [-0.4, -0.2) is 39.3 Å². The summed E-state index contributed by atoms with van der Waals surface area (Å²) in [5.41, 5.74) is 1.28. The van der Waals surface area contributed by atoms with Gasteiger partial charge in [0.25, 0.3) is 15.9 Å². The van der Waals surface area contributed by atoms with Crippen LogP contribution in [0.25, 0.3) is 0 Å². The molecule has 0 radical (unpaired) electrons. The van der Waals surface area contributed by atoms with Crippen molar-refractivity contribution < 1.29 is 27.4 Å². The van der Waals surface area contributed by atoms with Gasteiger partial charge in [0, 0.05) is 16.9 Å².